The lowest BCUT2D eigenvalue weighted by atomic mass is 10.1. The summed E-state index contributed by atoms with van der Waals surface area (Å²) in [5.41, 5.74) is 0. The number of carbonyl (C=O) groups is 1. The Hall–Kier alpha value is -0.570. The first-order valence-corrected chi connectivity index (χ1v) is 7.18. The van der Waals surface area contributed by atoms with Crippen molar-refractivity contribution in [2.75, 3.05) is 13.1 Å². The fraction of sp³-hybridized carbons (Fsp3) is 0.929. The second-order valence-electron chi connectivity index (χ2n) is 5.39. The molecule has 1 aliphatic rings. The van der Waals surface area contributed by atoms with Gasteiger partial charge in [-0.25, -0.2) is 0 Å². The Morgan fingerprint density at radius 2 is 2.18 bits per heavy atom. The number of hydrogen-bond donors (Lipinski definition) is 1. The molecule has 0 aromatic rings. The van der Waals surface area contributed by atoms with Crippen molar-refractivity contribution in [2.24, 2.45) is 0 Å². The lowest BCUT2D eigenvalue weighted by molar-refractivity contribution is -0.133. The molecule has 1 saturated heterocycles. The van der Waals surface area contributed by atoms with Gasteiger partial charge in [-0.2, -0.15) is 0 Å². The molecule has 0 aliphatic carbocycles. The summed E-state index contributed by atoms with van der Waals surface area (Å²) >= 11 is 0. The van der Waals surface area contributed by atoms with Gasteiger partial charge in [0.15, 0.2) is 0 Å². The molecule has 3 nitrogen and oxygen atoms in total. The molecular weight excluding hydrogens is 212 g/mol. The average Bonchev–Trinajstić information content (AvgIpc) is 2.78. The van der Waals surface area contributed by atoms with Crippen LogP contribution >= 0.6 is 0 Å². The van der Waals surface area contributed by atoms with Gasteiger partial charge in [0.25, 0.3) is 0 Å². The van der Waals surface area contributed by atoms with Gasteiger partial charge in [-0.3, -0.25) is 4.79 Å². The minimum Gasteiger partial charge on any atom is -0.339 e. The van der Waals surface area contributed by atoms with E-state index in [2.05, 4.69) is 31.0 Å². The van der Waals surface area contributed by atoms with Crippen LogP contribution in [0.4, 0.5) is 0 Å². The third kappa shape index (κ3) is 5.07. The van der Waals surface area contributed by atoms with Crippen molar-refractivity contribution in [1.29, 1.82) is 0 Å². The summed E-state index contributed by atoms with van der Waals surface area (Å²) in [4.78, 5) is 14.2. The molecule has 0 saturated carbocycles. The van der Waals surface area contributed by atoms with E-state index in [9.17, 15) is 4.79 Å². The van der Waals surface area contributed by atoms with E-state index in [1.807, 2.05) is 0 Å². The standard InChI is InChI=1S/C14H28N2O/c1-4-5-6-9-14(17)16(12(2)3)11-13-8-7-10-15-13/h12-13,15H,4-11H2,1-3H3. The number of rotatable bonds is 7. The zero-order valence-electron chi connectivity index (χ0n) is 11.7. The fourth-order valence-corrected chi connectivity index (χ4v) is 2.42. The molecule has 0 spiro atoms. The van der Waals surface area contributed by atoms with Gasteiger partial charge in [0.2, 0.25) is 5.91 Å². The lowest BCUT2D eigenvalue weighted by Crippen LogP contribution is -2.44. The first-order valence-electron chi connectivity index (χ1n) is 7.18. The highest BCUT2D eigenvalue weighted by molar-refractivity contribution is 5.76. The van der Waals surface area contributed by atoms with E-state index >= 15 is 0 Å². The van der Waals surface area contributed by atoms with Crippen LogP contribution in [0.1, 0.15) is 59.3 Å². The Morgan fingerprint density at radius 3 is 2.71 bits per heavy atom. The average molecular weight is 240 g/mol. The van der Waals surface area contributed by atoms with E-state index in [1.165, 1.54) is 25.7 Å². The first kappa shape index (κ1) is 14.5. The molecule has 1 unspecified atom stereocenters. The summed E-state index contributed by atoms with van der Waals surface area (Å²) in [6.07, 6.45) is 6.57. The molecule has 17 heavy (non-hydrogen) atoms. The van der Waals surface area contributed by atoms with E-state index in [1.54, 1.807) is 0 Å². The Morgan fingerprint density at radius 1 is 1.41 bits per heavy atom. The maximum Gasteiger partial charge on any atom is 0.222 e. The van der Waals surface area contributed by atoms with Crippen LogP contribution in [0.25, 0.3) is 0 Å². The molecule has 1 heterocycles. The highest BCUT2D eigenvalue weighted by Crippen LogP contribution is 2.12. The number of unbranched alkanes of at least 4 members (excludes halogenated alkanes) is 2. The van der Waals surface area contributed by atoms with E-state index in [-0.39, 0.29) is 0 Å². The SMILES string of the molecule is CCCCCC(=O)N(CC1CCCN1)C(C)C. The van der Waals surface area contributed by atoms with Gasteiger partial charge in [-0.15, -0.1) is 0 Å². The van der Waals surface area contributed by atoms with E-state index in [0.717, 1.165) is 25.9 Å². The van der Waals surface area contributed by atoms with Crippen LogP contribution in [0.3, 0.4) is 0 Å². The Labute approximate surface area is 106 Å². The topological polar surface area (TPSA) is 32.3 Å². The Bertz CT molecular complexity index is 222. The largest absolute Gasteiger partial charge is 0.339 e. The molecule has 0 radical (unpaired) electrons. The highest BCUT2D eigenvalue weighted by Gasteiger charge is 2.22. The Kier molecular flexibility index (Phi) is 6.56. The molecule has 1 N–H and O–H groups in total. The predicted octanol–water partition coefficient (Wildman–Crippen LogP) is 2.56. The van der Waals surface area contributed by atoms with E-state index < -0.39 is 0 Å². The third-order valence-corrected chi connectivity index (χ3v) is 3.52. The number of amides is 1. The van der Waals surface area contributed by atoms with Crippen LogP contribution in [-0.4, -0.2) is 36.0 Å². The third-order valence-electron chi connectivity index (χ3n) is 3.52. The van der Waals surface area contributed by atoms with Crippen molar-refractivity contribution in [3.8, 4) is 0 Å². The van der Waals surface area contributed by atoms with Gasteiger partial charge in [-0.1, -0.05) is 19.8 Å². The summed E-state index contributed by atoms with van der Waals surface area (Å²) in [6.45, 7) is 8.41. The zero-order valence-corrected chi connectivity index (χ0v) is 11.7. The number of nitrogens with zero attached hydrogens (tertiary/aromatic N) is 1. The van der Waals surface area contributed by atoms with Gasteiger partial charge in [0, 0.05) is 25.0 Å². The zero-order chi connectivity index (χ0) is 12.7. The maximum atomic E-state index is 12.1. The number of nitrogens with one attached hydrogen (secondary N) is 1. The molecule has 0 aromatic heterocycles. The summed E-state index contributed by atoms with van der Waals surface area (Å²) < 4.78 is 0. The molecule has 1 amide bonds. The van der Waals surface area contributed by atoms with Crippen LogP contribution in [0, 0.1) is 0 Å². The van der Waals surface area contributed by atoms with E-state index in [0.29, 0.717) is 18.0 Å². The molecule has 0 bridgehead atoms. The molecular formula is C14H28N2O. The van der Waals surface area contributed by atoms with Crippen molar-refractivity contribution < 1.29 is 4.79 Å². The van der Waals surface area contributed by atoms with E-state index in [4.69, 9.17) is 0 Å². The van der Waals surface area contributed by atoms with Gasteiger partial charge < -0.3 is 10.2 Å². The molecule has 1 atom stereocenters. The first-order chi connectivity index (χ1) is 8.15. The lowest BCUT2D eigenvalue weighted by Gasteiger charge is -2.29. The smallest absolute Gasteiger partial charge is 0.222 e. The number of carbonyl (C=O) groups excluding carboxylic acids is 1. The van der Waals surface area contributed by atoms with Crippen molar-refractivity contribution >= 4 is 5.91 Å². The predicted molar refractivity (Wildman–Crippen MR) is 72.0 cm³/mol. The van der Waals surface area contributed by atoms with Gasteiger partial charge in [0.05, 0.1) is 0 Å². The summed E-state index contributed by atoms with van der Waals surface area (Å²) in [6, 6.07) is 0.846. The van der Waals surface area contributed by atoms with Crippen molar-refractivity contribution in [3.05, 3.63) is 0 Å². The van der Waals surface area contributed by atoms with Gasteiger partial charge in [-0.05, 0) is 39.7 Å². The molecule has 1 fully saturated rings. The minimum absolute atomic E-state index is 0.325. The highest BCUT2D eigenvalue weighted by atomic mass is 16.2. The van der Waals surface area contributed by atoms with Crippen LogP contribution in [0.5, 0.6) is 0 Å². The quantitative estimate of drug-likeness (QED) is 0.694. The van der Waals surface area contributed by atoms with Gasteiger partial charge in [0.1, 0.15) is 0 Å². The summed E-state index contributed by atoms with van der Waals surface area (Å²) in [5.74, 6) is 0.335. The van der Waals surface area contributed by atoms with Crippen LogP contribution in [-0.2, 0) is 4.79 Å². The summed E-state index contributed by atoms with van der Waals surface area (Å²) in [5, 5.41) is 3.47. The number of hydrogen-bond acceptors (Lipinski definition) is 2. The molecule has 1 rings (SSSR count). The van der Waals surface area contributed by atoms with Crippen molar-refractivity contribution in [2.45, 2.75) is 71.4 Å². The minimum atomic E-state index is 0.325. The fourth-order valence-electron chi connectivity index (χ4n) is 2.42. The summed E-state index contributed by atoms with van der Waals surface area (Å²) in [7, 11) is 0. The van der Waals surface area contributed by atoms with Crippen LogP contribution < -0.4 is 5.32 Å². The molecule has 100 valence electrons. The molecule has 1 aliphatic heterocycles. The van der Waals surface area contributed by atoms with Crippen LogP contribution in [0.2, 0.25) is 0 Å². The van der Waals surface area contributed by atoms with Crippen molar-refractivity contribution in [1.82, 2.24) is 10.2 Å². The van der Waals surface area contributed by atoms with Gasteiger partial charge >= 0.3 is 0 Å². The monoisotopic (exact) mass is 240 g/mol. The Balaban J connectivity index is 2.37. The normalized spacial score (nSPS) is 19.9. The van der Waals surface area contributed by atoms with Crippen LogP contribution in [0.15, 0.2) is 0 Å². The maximum absolute atomic E-state index is 12.1. The second-order valence-corrected chi connectivity index (χ2v) is 5.39. The second kappa shape index (κ2) is 7.70. The molecule has 3 heteroatoms. The van der Waals surface area contributed by atoms with Crippen molar-refractivity contribution in [3.63, 3.8) is 0 Å². The molecule has 0 aromatic carbocycles.